The number of fused-ring (bicyclic) bond motifs is 1. The van der Waals surface area contributed by atoms with Crippen molar-refractivity contribution in [2.24, 2.45) is 5.92 Å². The summed E-state index contributed by atoms with van der Waals surface area (Å²) in [5.74, 6) is -0.0808. The van der Waals surface area contributed by atoms with Crippen molar-refractivity contribution in [2.75, 3.05) is 13.0 Å². The summed E-state index contributed by atoms with van der Waals surface area (Å²) in [5, 5.41) is 3.71. The van der Waals surface area contributed by atoms with Crippen LogP contribution < -0.4 is 5.32 Å². The monoisotopic (exact) mass is 378 g/mol. The molecular formula is C20H27ClN2O3. The fourth-order valence-corrected chi connectivity index (χ4v) is 3.20. The average molecular weight is 379 g/mol. The summed E-state index contributed by atoms with van der Waals surface area (Å²) in [7, 11) is 1.33. The molecule has 0 bridgehead atoms. The quantitative estimate of drug-likeness (QED) is 0.408. The van der Waals surface area contributed by atoms with Gasteiger partial charge in [-0.05, 0) is 24.8 Å². The normalized spacial score (nSPS) is 12.3. The minimum absolute atomic E-state index is 0.0599. The van der Waals surface area contributed by atoms with Crippen LogP contribution in [-0.4, -0.2) is 35.5 Å². The Hall–Kier alpha value is -2.01. The molecule has 1 amide bonds. The highest BCUT2D eigenvalue weighted by molar-refractivity contribution is 6.17. The van der Waals surface area contributed by atoms with Crippen molar-refractivity contribution in [2.45, 2.75) is 45.7 Å². The van der Waals surface area contributed by atoms with Crippen LogP contribution >= 0.6 is 11.6 Å². The first-order valence-corrected chi connectivity index (χ1v) is 9.55. The maximum atomic E-state index is 12.8. The molecule has 5 nitrogen and oxygen atoms in total. The van der Waals surface area contributed by atoms with Crippen molar-refractivity contribution in [3.05, 3.63) is 36.0 Å². The average Bonchev–Trinajstić information content (AvgIpc) is 3.01. The molecule has 0 radical (unpaired) electrons. The first-order valence-electron chi connectivity index (χ1n) is 9.02. The van der Waals surface area contributed by atoms with Crippen LogP contribution in [-0.2, 0) is 16.1 Å². The van der Waals surface area contributed by atoms with Gasteiger partial charge < -0.3 is 14.6 Å². The van der Waals surface area contributed by atoms with Crippen LogP contribution in [0.4, 0.5) is 0 Å². The van der Waals surface area contributed by atoms with E-state index in [0.29, 0.717) is 11.4 Å². The van der Waals surface area contributed by atoms with Crippen molar-refractivity contribution in [3.63, 3.8) is 0 Å². The molecule has 0 spiro atoms. The van der Waals surface area contributed by atoms with Crippen molar-refractivity contribution >= 4 is 34.4 Å². The van der Waals surface area contributed by atoms with E-state index in [9.17, 15) is 9.59 Å². The molecule has 1 heterocycles. The predicted octanol–water partition coefficient (Wildman–Crippen LogP) is 3.98. The zero-order chi connectivity index (χ0) is 19.1. The zero-order valence-corrected chi connectivity index (χ0v) is 16.4. The third kappa shape index (κ3) is 4.79. The van der Waals surface area contributed by atoms with Gasteiger partial charge in [0, 0.05) is 29.5 Å². The summed E-state index contributed by atoms with van der Waals surface area (Å²) >= 11 is 5.74. The fourth-order valence-electron chi connectivity index (χ4n) is 3.01. The molecule has 0 saturated heterocycles. The number of hydrogen-bond donors (Lipinski definition) is 1. The molecule has 1 aromatic heterocycles. The predicted molar refractivity (Wildman–Crippen MR) is 105 cm³/mol. The third-order valence-electron chi connectivity index (χ3n) is 4.47. The lowest BCUT2D eigenvalue weighted by atomic mass is 10.0. The molecule has 6 heteroatoms. The molecule has 26 heavy (non-hydrogen) atoms. The lowest BCUT2D eigenvalue weighted by Gasteiger charge is -2.19. The second-order valence-corrected chi connectivity index (χ2v) is 7.10. The van der Waals surface area contributed by atoms with Crippen LogP contribution in [0.5, 0.6) is 0 Å². The summed E-state index contributed by atoms with van der Waals surface area (Å²) in [5.41, 5.74) is 1.59. The number of carbonyl (C=O) groups excluding carboxylic acids is 2. The Morgan fingerprint density at radius 2 is 1.92 bits per heavy atom. The minimum atomic E-state index is -0.668. The number of alkyl halides is 1. The topological polar surface area (TPSA) is 60.3 Å². The number of amides is 1. The van der Waals surface area contributed by atoms with E-state index in [1.165, 1.54) is 7.11 Å². The van der Waals surface area contributed by atoms with E-state index in [2.05, 4.69) is 9.88 Å². The zero-order valence-electron chi connectivity index (χ0n) is 15.6. The lowest BCUT2D eigenvalue weighted by Crippen LogP contribution is -2.45. The number of unbranched alkanes of at least 4 members (excludes halogenated alkanes) is 2. The highest BCUT2D eigenvalue weighted by Gasteiger charge is 2.26. The number of nitrogens with one attached hydrogen (secondary N) is 1. The van der Waals surface area contributed by atoms with Crippen LogP contribution in [0.2, 0.25) is 0 Å². The van der Waals surface area contributed by atoms with E-state index in [4.69, 9.17) is 16.3 Å². The van der Waals surface area contributed by atoms with Gasteiger partial charge in [0.1, 0.15) is 6.04 Å². The van der Waals surface area contributed by atoms with Crippen molar-refractivity contribution in [1.29, 1.82) is 0 Å². The molecule has 1 unspecified atom stereocenters. The van der Waals surface area contributed by atoms with Crippen LogP contribution in [0.15, 0.2) is 30.5 Å². The number of carbonyl (C=O) groups is 2. The summed E-state index contributed by atoms with van der Waals surface area (Å²) in [6.07, 6.45) is 4.91. The van der Waals surface area contributed by atoms with Crippen molar-refractivity contribution < 1.29 is 14.3 Å². The highest BCUT2D eigenvalue weighted by atomic mass is 35.5. The number of esters is 1. The molecule has 1 atom stereocenters. The number of aromatic nitrogens is 1. The van der Waals surface area contributed by atoms with E-state index in [0.717, 1.165) is 36.7 Å². The molecule has 142 valence electrons. The number of rotatable bonds is 9. The van der Waals surface area contributed by atoms with Crippen LogP contribution in [0.3, 0.4) is 0 Å². The van der Waals surface area contributed by atoms with Gasteiger partial charge in [0.15, 0.2) is 0 Å². The Morgan fingerprint density at radius 3 is 2.58 bits per heavy atom. The van der Waals surface area contributed by atoms with Gasteiger partial charge in [0.2, 0.25) is 0 Å². The summed E-state index contributed by atoms with van der Waals surface area (Å²) in [4.78, 5) is 24.8. The fraction of sp³-hybridized carbons (Fsp3) is 0.500. The maximum absolute atomic E-state index is 12.8. The number of nitrogens with zero attached hydrogens (tertiary/aromatic N) is 1. The molecule has 0 aliphatic rings. The lowest BCUT2D eigenvalue weighted by molar-refractivity contribution is -0.144. The van der Waals surface area contributed by atoms with Gasteiger partial charge in [0.05, 0.1) is 12.7 Å². The van der Waals surface area contributed by atoms with E-state index in [1.807, 2.05) is 44.3 Å². The Balaban J connectivity index is 2.25. The number of hydrogen-bond acceptors (Lipinski definition) is 3. The molecule has 0 aliphatic heterocycles. The molecule has 0 fully saturated rings. The number of aryl methyl sites for hydroxylation is 1. The standard InChI is InChI=1S/C20H27ClN2O3/c1-14(2)18(20(25)26-3)22-19(24)16-13-23(12-8-4-7-11-21)17-10-6-5-9-15(16)17/h5-6,9-10,13-14,18H,4,7-8,11-12H2,1-3H3,(H,22,24). The second kappa shape index (κ2) is 9.62. The molecule has 1 aromatic carbocycles. The van der Waals surface area contributed by atoms with Gasteiger partial charge >= 0.3 is 5.97 Å². The summed E-state index contributed by atoms with van der Waals surface area (Å²) < 4.78 is 6.91. The van der Waals surface area contributed by atoms with Gasteiger partial charge in [-0.2, -0.15) is 0 Å². The van der Waals surface area contributed by atoms with Crippen molar-refractivity contribution in [3.8, 4) is 0 Å². The number of ether oxygens (including phenoxy) is 1. The largest absolute Gasteiger partial charge is 0.467 e. The maximum Gasteiger partial charge on any atom is 0.328 e. The molecular weight excluding hydrogens is 352 g/mol. The van der Waals surface area contributed by atoms with Crippen molar-refractivity contribution in [1.82, 2.24) is 9.88 Å². The first kappa shape index (κ1) is 20.3. The molecule has 2 rings (SSSR count). The Morgan fingerprint density at radius 1 is 1.19 bits per heavy atom. The van der Waals surface area contributed by atoms with E-state index >= 15 is 0 Å². The summed E-state index contributed by atoms with van der Waals surface area (Å²) in [6.45, 7) is 4.58. The minimum Gasteiger partial charge on any atom is -0.467 e. The molecule has 2 aromatic rings. The van der Waals surface area contributed by atoms with Crippen LogP contribution in [0, 0.1) is 5.92 Å². The van der Waals surface area contributed by atoms with Gasteiger partial charge in [-0.25, -0.2) is 4.79 Å². The first-order chi connectivity index (χ1) is 12.5. The molecule has 0 aliphatic carbocycles. The number of para-hydroxylation sites is 1. The van der Waals surface area contributed by atoms with E-state index in [-0.39, 0.29) is 11.8 Å². The highest BCUT2D eigenvalue weighted by Crippen LogP contribution is 2.22. The summed E-state index contributed by atoms with van der Waals surface area (Å²) in [6, 6.07) is 7.15. The van der Waals surface area contributed by atoms with Crippen LogP contribution in [0.1, 0.15) is 43.5 Å². The van der Waals surface area contributed by atoms with E-state index < -0.39 is 12.0 Å². The third-order valence-corrected chi connectivity index (χ3v) is 4.74. The van der Waals surface area contributed by atoms with Gasteiger partial charge in [-0.15, -0.1) is 11.6 Å². The molecule has 1 N–H and O–H groups in total. The number of methoxy groups -OCH3 is 1. The smallest absolute Gasteiger partial charge is 0.328 e. The number of benzene rings is 1. The number of halogens is 1. The van der Waals surface area contributed by atoms with E-state index in [1.54, 1.807) is 0 Å². The Labute approximate surface area is 159 Å². The Bertz CT molecular complexity index is 755. The second-order valence-electron chi connectivity index (χ2n) is 6.72. The van der Waals surface area contributed by atoms with Gasteiger partial charge in [-0.3, -0.25) is 4.79 Å². The van der Waals surface area contributed by atoms with Crippen LogP contribution in [0.25, 0.3) is 10.9 Å². The SMILES string of the molecule is COC(=O)C(NC(=O)c1cn(CCCCCCl)c2ccccc12)C(C)C. The Kier molecular flexibility index (Phi) is 7.51. The molecule has 0 saturated carbocycles. The van der Waals surface area contributed by atoms with Gasteiger partial charge in [-0.1, -0.05) is 38.5 Å². The van der Waals surface area contributed by atoms with Gasteiger partial charge in [0.25, 0.3) is 5.91 Å².